The largest absolute Gasteiger partial charge is 0.381 e. The first-order chi connectivity index (χ1) is 33.5. The molecular weight excluding hydrogens is 857 g/mol. The van der Waals surface area contributed by atoms with Gasteiger partial charge in [0, 0.05) is 49.8 Å². The lowest BCUT2D eigenvalue weighted by Gasteiger charge is -2.55. The van der Waals surface area contributed by atoms with Crippen LogP contribution in [0.15, 0.2) is 0 Å². The lowest BCUT2D eigenvalue weighted by atomic mass is 9.54. The highest BCUT2D eigenvalue weighted by Crippen LogP contribution is 2.57. The molecule has 0 aliphatic heterocycles. The van der Waals surface area contributed by atoms with Crippen molar-refractivity contribution in [1.29, 1.82) is 0 Å². The highest BCUT2D eigenvalue weighted by Gasteiger charge is 2.52. The summed E-state index contributed by atoms with van der Waals surface area (Å²) in [5.74, 6) is 13.1. The molecule has 400 valence electrons. The minimum atomic E-state index is 0.328. The molecule has 7 nitrogen and oxygen atoms in total. The van der Waals surface area contributed by atoms with Crippen LogP contribution in [-0.4, -0.2) is 91.0 Å². The Bertz CT molecular complexity index is 1390. The molecule has 18 fully saturated rings. The predicted molar refractivity (Wildman–Crippen MR) is 281 cm³/mol. The molecule has 0 amide bonds. The minimum absolute atomic E-state index is 0.328. The summed E-state index contributed by atoms with van der Waals surface area (Å²) in [6.45, 7) is 4.27. The first-order valence-electron chi connectivity index (χ1n) is 30.3. The topological polar surface area (TPSA) is 64.6 Å². The highest BCUT2D eigenvalue weighted by atomic mass is 16.5. The fraction of sp³-hybridized carbons (Fsp3) is 1.00. The van der Waals surface area contributed by atoms with Gasteiger partial charge in [-0.1, -0.05) is 13.8 Å². The molecule has 0 spiro atoms. The van der Waals surface area contributed by atoms with Crippen LogP contribution in [0.4, 0.5) is 0 Å². The van der Waals surface area contributed by atoms with Gasteiger partial charge < -0.3 is 33.2 Å². The number of hydrogen-bond acceptors (Lipinski definition) is 7. The lowest BCUT2D eigenvalue weighted by molar-refractivity contribution is -0.145. The molecule has 7 heteroatoms. The molecule has 0 aromatic rings. The van der Waals surface area contributed by atoms with E-state index >= 15 is 0 Å². The predicted octanol–water partition coefficient (Wildman–Crippen LogP) is 15.2. The van der Waals surface area contributed by atoms with Gasteiger partial charge >= 0.3 is 0 Å². The summed E-state index contributed by atoms with van der Waals surface area (Å²) in [4.78, 5) is 0. The van der Waals surface area contributed by atoms with Crippen LogP contribution in [0.1, 0.15) is 226 Å². The fourth-order valence-corrected chi connectivity index (χ4v) is 19.2. The quantitative estimate of drug-likeness (QED) is 0.228. The van der Waals surface area contributed by atoms with E-state index in [1.54, 1.807) is 13.5 Å². The third-order valence-electron chi connectivity index (χ3n) is 22.9. The maximum atomic E-state index is 5.75. The van der Waals surface area contributed by atoms with Crippen molar-refractivity contribution in [3.8, 4) is 0 Å². The van der Waals surface area contributed by atoms with Gasteiger partial charge in [-0.05, 0) is 289 Å². The van der Waals surface area contributed by atoms with Gasteiger partial charge in [-0.25, -0.2) is 0 Å². The molecule has 4 unspecified atom stereocenters. The van der Waals surface area contributed by atoms with E-state index in [0.29, 0.717) is 41.2 Å². The Kier molecular flexibility index (Phi) is 20.3. The average molecular weight is 968 g/mol. The molecule has 18 aliphatic rings. The Balaban J connectivity index is 0.000000109. The molecule has 18 aliphatic carbocycles. The van der Waals surface area contributed by atoms with E-state index < -0.39 is 0 Å². The zero-order valence-corrected chi connectivity index (χ0v) is 46.5. The van der Waals surface area contributed by atoms with Crippen molar-refractivity contribution < 1.29 is 33.2 Å². The molecular formula is C62H110O7. The van der Waals surface area contributed by atoms with Crippen LogP contribution in [0, 0.1) is 76.9 Å². The summed E-state index contributed by atoms with van der Waals surface area (Å²) in [7, 11) is 13.1. The Labute approximate surface area is 425 Å². The van der Waals surface area contributed by atoms with Crippen molar-refractivity contribution in [2.24, 2.45) is 76.9 Å². The average Bonchev–Trinajstić information content (AvgIpc) is 4.23. The molecule has 0 saturated heterocycles. The van der Waals surface area contributed by atoms with Crippen molar-refractivity contribution in [3.63, 3.8) is 0 Å². The smallest absolute Gasteiger partial charge is 0.0686 e. The van der Waals surface area contributed by atoms with Crippen molar-refractivity contribution in [2.45, 2.75) is 267 Å². The van der Waals surface area contributed by atoms with Gasteiger partial charge in [-0.2, -0.15) is 0 Å². The van der Waals surface area contributed by atoms with Gasteiger partial charge in [0.1, 0.15) is 0 Å². The van der Waals surface area contributed by atoms with E-state index in [1.165, 1.54) is 193 Å². The summed E-state index contributed by atoms with van der Waals surface area (Å²) in [6.07, 6.45) is 48.7. The van der Waals surface area contributed by atoms with E-state index in [-0.39, 0.29) is 0 Å². The molecule has 0 radical (unpaired) electrons. The second-order valence-corrected chi connectivity index (χ2v) is 26.8. The third kappa shape index (κ3) is 13.8. The van der Waals surface area contributed by atoms with Gasteiger partial charge in [0.05, 0.1) is 41.2 Å². The van der Waals surface area contributed by atoms with Gasteiger partial charge in [-0.3, -0.25) is 0 Å². The maximum Gasteiger partial charge on any atom is 0.0686 e. The first-order valence-corrected chi connectivity index (χ1v) is 30.3. The summed E-state index contributed by atoms with van der Waals surface area (Å²) in [5, 5.41) is 0. The molecule has 4 atom stereocenters. The molecule has 18 rings (SSSR count). The maximum absolute atomic E-state index is 5.75. The highest BCUT2D eigenvalue weighted by molar-refractivity contribution is 5.03. The van der Waals surface area contributed by atoms with E-state index in [9.17, 15) is 0 Å². The molecule has 18 saturated carbocycles. The number of hydrogen-bond donors (Lipinski definition) is 0. The standard InChI is InChI=1S/2C11H18O.2C9H16O.2C8H14O.C6H14O/c1-12-11-5-8-2-9(6-11)4-10(3-8)7-11;1-12-11-9-3-7-2-8(5-9)6-10(11)4-7;1-10-9-5-2-8(3-6-9)4-7-9;1-10-9-6-7-2-4-8(9)5-3-7;1-9-8-4-2-7(6-8)3-5-8;1-9-8-5-6-2-3-7(8)4-6;1-4-6(5-2)7-3/h8-10H,2-7H2,1H3;7-11H,2-6H2,1H3;8H,2-7H2,1H3;7-9H,2-6H2,1H3;7H,2-6H2,1H3;6-8H,2-5H2,1H3;6H,4-5H2,1-3H3. The summed E-state index contributed by atoms with van der Waals surface area (Å²) in [6, 6.07) is 0. The number of rotatable bonds is 9. The normalized spacial score (nSPS) is 46.5. The van der Waals surface area contributed by atoms with Crippen molar-refractivity contribution >= 4 is 0 Å². The van der Waals surface area contributed by atoms with Gasteiger partial charge in [0.2, 0.25) is 0 Å². The lowest BCUT2D eigenvalue weighted by Crippen LogP contribution is -2.51. The van der Waals surface area contributed by atoms with Crippen LogP contribution in [0.3, 0.4) is 0 Å². The summed E-state index contributed by atoms with van der Waals surface area (Å²) < 4.78 is 38.3. The minimum Gasteiger partial charge on any atom is -0.381 e. The Morgan fingerprint density at radius 2 is 0.739 bits per heavy atom. The Morgan fingerprint density at radius 3 is 1.03 bits per heavy atom. The molecule has 0 heterocycles. The number of fused-ring (bicyclic) bond motifs is 10. The second-order valence-electron chi connectivity index (χ2n) is 26.8. The van der Waals surface area contributed by atoms with Crippen LogP contribution in [-0.2, 0) is 33.2 Å². The van der Waals surface area contributed by atoms with Gasteiger partial charge in [0.15, 0.2) is 0 Å². The fourth-order valence-electron chi connectivity index (χ4n) is 19.2. The van der Waals surface area contributed by atoms with Gasteiger partial charge in [-0.15, -0.1) is 0 Å². The van der Waals surface area contributed by atoms with E-state index in [1.807, 2.05) is 42.7 Å². The Hall–Kier alpha value is -0.280. The number of ether oxygens (including phenoxy) is 7. The van der Waals surface area contributed by atoms with Crippen LogP contribution >= 0.6 is 0 Å². The molecule has 0 N–H and O–H groups in total. The Morgan fingerprint density at radius 1 is 0.333 bits per heavy atom. The van der Waals surface area contributed by atoms with E-state index in [0.717, 1.165) is 89.8 Å². The van der Waals surface area contributed by atoms with Crippen LogP contribution < -0.4 is 0 Å². The van der Waals surface area contributed by atoms with Gasteiger partial charge in [0.25, 0.3) is 0 Å². The molecule has 0 aromatic carbocycles. The summed E-state index contributed by atoms with van der Waals surface area (Å²) in [5.41, 5.74) is 1.02. The van der Waals surface area contributed by atoms with Crippen molar-refractivity contribution in [3.05, 3.63) is 0 Å². The molecule has 0 aromatic heterocycles. The number of methoxy groups -OCH3 is 7. The van der Waals surface area contributed by atoms with E-state index in [4.69, 9.17) is 33.2 Å². The second kappa shape index (κ2) is 25.5. The molecule has 69 heavy (non-hydrogen) atoms. The zero-order valence-electron chi connectivity index (χ0n) is 46.5. The monoisotopic (exact) mass is 967 g/mol. The summed E-state index contributed by atoms with van der Waals surface area (Å²) >= 11 is 0. The van der Waals surface area contributed by atoms with Crippen LogP contribution in [0.25, 0.3) is 0 Å². The SMILES string of the molecule is CCC(CC)OC.COC12CC3CC(CC(C3)C1)C2.COC12CCC(CC1)C2.COC12CCC(CC1)CC2.COC1C2CC3CC(C2)CC1C3.COC1CC2CCC1C2.COC1CC2CCC1CC2. The van der Waals surface area contributed by atoms with Crippen molar-refractivity contribution in [1.82, 2.24) is 0 Å². The molecule has 16 bridgehead atoms. The van der Waals surface area contributed by atoms with Crippen molar-refractivity contribution in [2.75, 3.05) is 49.8 Å². The third-order valence-corrected chi connectivity index (χ3v) is 22.9. The van der Waals surface area contributed by atoms with E-state index in [2.05, 4.69) is 13.8 Å². The van der Waals surface area contributed by atoms with Crippen LogP contribution in [0.2, 0.25) is 0 Å². The first kappa shape index (κ1) is 55.0. The van der Waals surface area contributed by atoms with Crippen LogP contribution in [0.5, 0.6) is 0 Å². The zero-order chi connectivity index (χ0) is 48.6.